The van der Waals surface area contributed by atoms with Crippen molar-refractivity contribution in [2.75, 3.05) is 0 Å². The highest BCUT2D eigenvalue weighted by atomic mass is 16.4. The first kappa shape index (κ1) is 16.7. The Hall–Kier alpha value is -2.62. The van der Waals surface area contributed by atoms with Gasteiger partial charge in [0, 0.05) is 12.8 Å². The quantitative estimate of drug-likeness (QED) is 0.826. The highest BCUT2D eigenvalue weighted by molar-refractivity contribution is 5.83. The van der Waals surface area contributed by atoms with E-state index in [1.165, 1.54) is 0 Å². The van der Waals surface area contributed by atoms with Gasteiger partial charge in [-0.05, 0) is 30.0 Å². The number of carboxylic acids is 1. The summed E-state index contributed by atoms with van der Waals surface area (Å²) in [5.74, 6) is -1.25. The van der Waals surface area contributed by atoms with E-state index in [1.54, 1.807) is 0 Å². The maximum atomic E-state index is 12.1. The van der Waals surface area contributed by atoms with Crippen LogP contribution in [-0.2, 0) is 22.4 Å². The van der Waals surface area contributed by atoms with E-state index in [9.17, 15) is 14.7 Å². The number of aryl methyl sites for hydroxylation is 2. The number of benzene rings is 2. The summed E-state index contributed by atoms with van der Waals surface area (Å²) in [6.45, 7) is 2.00. The topological polar surface area (TPSA) is 66.4 Å². The summed E-state index contributed by atoms with van der Waals surface area (Å²) in [7, 11) is 0. The average Bonchev–Trinajstić information content (AvgIpc) is 2.54. The number of amides is 1. The molecular formula is C19H21NO3. The van der Waals surface area contributed by atoms with Gasteiger partial charge in [-0.25, -0.2) is 4.79 Å². The first-order chi connectivity index (χ1) is 11.1. The van der Waals surface area contributed by atoms with Gasteiger partial charge in [0.15, 0.2) is 0 Å². The molecule has 0 aromatic heterocycles. The lowest BCUT2D eigenvalue weighted by Gasteiger charge is -2.15. The highest BCUT2D eigenvalue weighted by Gasteiger charge is 2.20. The minimum atomic E-state index is -1.02. The zero-order valence-corrected chi connectivity index (χ0v) is 13.2. The Labute approximate surface area is 136 Å². The predicted octanol–water partition coefficient (Wildman–Crippen LogP) is 2.74. The molecule has 23 heavy (non-hydrogen) atoms. The van der Waals surface area contributed by atoms with Gasteiger partial charge in [-0.1, -0.05) is 54.6 Å². The fraction of sp³-hybridized carbons (Fsp3) is 0.263. The highest BCUT2D eigenvalue weighted by Crippen LogP contribution is 2.10. The zero-order chi connectivity index (χ0) is 16.7. The normalized spacial score (nSPS) is 11.7. The molecule has 0 saturated carbocycles. The molecule has 0 bridgehead atoms. The number of carboxylic acid groups (broad SMARTS) is 1. The van der Waals surface area contributed by atoms with Crippen molar-refractivity contribution in [2.45, 2.75) is 32.2 Å². The summed E-state index contributed by atoms with van der Waals surface area (Å²) >= 11 is 0. The first-order valence-electron chi connectivity index (χ1n) is 7.67. The van der Waals surface area contributed by atoms with Crippen LogP contribution >= 0.6 is 0 Å². The van der Waals surface area contributed by atoms with Gasteiger partial charge >= 0.3 is 5.97 Å². The minimum absolute atomic E-state index is 0.239. The molecule has 120 valence electrons. The molecule has 0 aliphatic rings. The van der Waals surface area contributed by atoms with E-state index in [-0.39, 0.29) is 18.7 Å². The molecule has 2 N–H and O–H groups in total. The standard InChI is InChI=1S/C19H21NO3/c1-14-7-5-6-10-16(14)11-12-18(21)20-17(19(22)23)13-15-8-3-2-4-9-15/h2-10,17H,11-13H2,1H3,(H,20,21)(H,22,23)/t17-/m1/s1. The molecule has 0 aliphatic heterocycles. The van der Waals surface area contributed by atoms with Crippen molar-refractivity contribution in [1.29, 1.82) is 0 Å². The molecule has 0 spiro atoms. The number of aliphatic carboxylic acids is 1. The Morgan fingerprint density at radius 3 is 2.35 bits per heavy atom. The van der Waals surface area contributed by atoms with E-state index in [0.29, 0.717) is 6.42 Å². The average molecular weight is 311 g/mol. The molecule has 0 aliphatic carbocycles. The number of hydrogen-bond acceptors (Lipinski definition) is 2. The lowest BCUT2D eigenvalue weighted by atomic mass is 10.0. The van der Waals surface area contributed by atoms with E-state index in [2.05, 4.69) is 5.32 Å². The molecule has 2 aromatic carbocycles. The fourth-order valence-corrected chi connectivity index (χ4v) is 2.46. The smallest absolute Gasteiger partial charge is 0.326 e. The third kappa shape index (κ3) is 5.25. The minimum Gasteiger partial charge on any atom is -0.480 e. The van der Waals surface area contributed by atoms with Gasteiger partial charge in [0.05, 0.1) is 0 Å². The van der Waals surface area contributed by atoms with Crippen LogP contribution in [0.3, 0.4) is 0 Å². The van der Waals surface area contributed by atoms with Crippen molar-refractivity contribution in [1.82, 2.24) is 5.32 Å². The SMILES string of the molecule is Cc1ccccc1CCC(=O)N[C@H](Cc1ccccc1)C(=O)O. The van der Waals surface area contributed by atoms with E-state index in [4.69, 9.17) is 0 Å². The fourth-order valence-electron chi connectivity index (χ4n) is 2.46. The molecule has 0 heterocycles. The molecule has 0 radical (unpaired) electrons. The summed E-state index contributed by atoms with van der Waals surface area (Å²) in [5, 5.41) is 11.9. The maximum absolute atomic E-state index is 12.1. The lowest BCUT2D eigenvalue weighted by Crippen LogP contribution is -2.42. The van der Waals surface area contributed by atoms with Gasteiger partial charge in [-0.15, -0.1) is 0 Å². The zero-order valence-electron chi connectivity index (χ0n) is 13.2. The third-order valence-corrected chi connectivity index (χ3v) is 3.80. The van der Waals surface area contributed by atoms with Crippen molar-refractivity contribution in [3.63, 3.8) is 0 Å². The van der Waals surface area contributed by atoms with Crippen molar-refractivity contribution in [2.24, 2.45) is 0 Å². The number of rotatable bonds is 7. The van der Waals surface area contributed by atoms with E-state index in [1.807, 2.05) is 61.5 Å². The lowest BCUT2D eigenvalue weighted by molar-refractivity contribution is -0.141. The summed E-state index contributed by atoms with van der Waals surface area (Å²) < 4.78 is 0. The van der Waals surface area contributed by atoms with E-state index < -0.39 is 12.0 Å². The van der Waals surface area contributed by atoms with Crippen LogP contribution in [0.2, 0.25) is 0 Å². The van der Waals surface area contributed by atoms with E-state index in [0.717, 1.165) is 16.7 Å². The van der Waals surface area contributed by atoms with Crippen LogP contribution in [0, 0.1) is 6.92 Å². The van der Waals surface area contributed by atoms with Crippen LogP contribution in [0.1, 0.15) is 23.1 Å². The van der Waals surface area contributed by atoms with Crippen LogP contribution in [0.4, 0.5) is 0 Å². The molecule has 4 heteroatoms. The third-order valence-electron chi connectivity index (χ3n) is 3.80. The maximum Gasteiger partial charge on any atom is 0.326 e. The van der Waals surface area contributed by atoms with Gasteiger partial charge in [-0.3, -0.25) is 4.79 Å². The van der Waals surface area contributed by atoms with Crippen molar-refractivity contribution < 1.29 is 14.7 Å². The Morgan fingerprint density at radius 1 is 1.04 bits per heavy atom. The Bertz CT molecular complexity index is 667. The van der Waals surface area contributed by atoms with E-state index >= 15 is 0 Å². The number of hydrogen-bond donors (Lipinski definition) is 2. The number of carbonyl (C=O) groups is 2. The molecule has 0 fully saturated rings. The summed E-state index contributed by atoms with van der Waals surface area (Å²) in [6.07, 6.45) is 1.17. The van der Waals surface area contributed by atoms with Crippen LogP contribution in [-0.4, -0.2) is 23.0 Å². The van der Waals surface area contributed by atoms with Crippen LogP contribution in [0.15, 0.2) is 54.6 Å². The van der Waals surface area contributed by atoms with Gasteiger partial charge in [0.1, 0.15) is 6.04 Å². The molecule has 1 amide bonds. The van der Waals surface area contributed by atoms with Crippen LogP contribution in [0.5, 0.6) is 0 Å². The van der Waals surface area contributed by atoms with Crippen molar-refractivity contribution >= 4 is 11.9 Å². The first-order valence-corrected chi connectivity index (χ1v) is 7.67. The van der Waals surface area contributed by atoms with Gasteiger partial charge in [-0.2, -0.15) is 0 Å². The molecule has 0 unspecified atom stereocenters. The Balaban J connectivity index is 1.91. The second-order valence-corrected chi connectivity index (χ2v) is 5.57. The van der Waals surface area contributed by atoms with Crippen molar-refractivity contribution in [3.8, 4) is 0 Å². The summed E-state index contributed by atoms with van der Waals surface area (Å²) in [4.78, 5) is 23.4. The second-order valence-electron chi connectivity index (χ2n) is 5.57. The number of nitrogens with one attached hydrogen (secondary N) is 1. The second kappa shape index (κ2) is 8.13. The molecule has 1 atom stereocenters. The summed E-state index contributed by atoms with van der Waals surface area (Å²) in [5.41, 5.74) is 3.14. The monoisotopic (exact) mass is 311 g/mol. The molecule has 2 aromatic rings. The molecule has 2 rings (SSSR count). The summed E-state index contributed by atoms with van der Waals surface area (Å²) in [6, 6.07) is 16.3. The predicted molar refractivity (Wildman–Crippen MR) is 89.2 cm³/mol. The largest absolute Gasteiger partial charge is 0.480 e. The molecule has 4 nitrogen and oxygen atoms in total. The molecular weight excluding hydrogens is 290 g/mol. The van der Waals surface area contributed by atoms with Gasteiger partial charge in [0.25, 0.3) is 0 Å². The Morgan fingerprint density at radius 2 is 1.70 bits per heavy atom. The number of carbonyl (C=O) groups excluding carboxylic acids is 1. The Kier molecular flexibility index (Phi) is 5.92. The van der Waals surface area contributed by atoms with Crippen LogP contribution < -0.4 is 5.32 Å². The van der Waals surface area contributed by atoms with Gasteiger partial charge in [0.2, 0.25) is 5.91 Å². The van der Waals surface area contributed by atoms with Crippen molar-refractivity contribution in [3.05, 3.63) is 71.3 Å². The van der Waals surface area contributed by atoms with Crippen LogP contribution in [0.25, 0.3) is 0 Å². The molecule has 0 saturated heterocycles. The van der Waals surface area contributed by atoms with Gasteiger partial charge < -0.3 is 10.4 Å².